The largest absolute Gasteiger partial charge is 0.387 e. The van der Waals surface area contributed by atoms with Crippen molar-refractivity contribution in [3.05, 3.63) is 0 Å². The summed E-state index contributed by atoms with van der Waals surface area (Å²) < 4.78 is 24.6. The van der Waals surface area contributed by atoms with Crippen LogP contribution in [0.25, 0.3) is 0 Å². The number of sulfonamides is 1. The highest BCUT2D eigenvalue weighted by molar-refractivity contribution is 7.89. The van der Waals surface area contributed by atoms with Gasteiger partial charge in [0.25, 0.3) is 0 Å². The number of nitrogens with zero attached hydrogens (tertiary/aromatic N) is 1. The first-order valence-corrected chi connectivity index (χ1v) is 6.42. The van der Waals surface area contributed by atoms with Gasteiger partial charge in [0, 0.05) is 13.1 Å². The van der Waals surface area contributed by atoms with Gasteiger partial charge in [0.05, 0.1) is 10.9 Å². The molecule has 1 heterocycles. The van der Waals surface area contributed by atoms with Gasteiger partial charge in [0.2, 0.25) is 10.0 Å². The van der Waals surface area contributed by atoms with E-state index in [1.165, 1.54) is 4.31 Å². The molecule has 0 aromatic heterocycles. The molecule has 1 rings (SSSR count). The molecule has 1 saturated heterocycles. The van der Waals surface area contributed by atoms with Crippen molar-refractivity contribution in [2.75, 3.05) is 13.1 Å². The van der Waals surface area contributed by atoms with Gasteiger partial charge in [-0.2, -0.15) is 4.31 Å². The molecule has 0 amide bonds. The van der Waals surface area contributed by atoms with Gasteiger partial charge in [-0.05, 0) is 19.8 Å². The molecule has 0 radical (unpaired) electrons. The summed E-state index contributed by atoms with van der Waals surface area (Å²) in [5.74, 6) is 0.0983. The van der Waals surface area contributed by atoms with Gasteiger partial charge < -0.3 is 5.11 Å². The smallest absolute Gasteiger partial charge is 0.216 e. The van der Waals surface area contributed by atoms with Gasteiger partial charge in [-0.25, -0.2) is 8.42 Å². The first kappa shape index (κ1) is 11.9. The fraction of sp³-hybridized carbons (Fsp3) is 1.00. The molecule has 1 fully saturated rings. The van der Waals surface area contributed by atoms with Gasteiger partial charge >= 0.3 is 0 Å². The first-order chi connectivity index (χ1) is 6.20. The lowest BCUT2D eigenvalue weighted by molar-refractivity contribution is -0.0934. The zero-order valence-electron chi connectivity index (χ0n) is 9.19. The summed E-state index contributed by atoms with van der Waals surface area (Å²) in [6.45, 7) is 7.60. The molecule has 0 bridgehead atoms. The third kappa shape index (κ3) is 1.81. The van der Waals surface area contributed by atoms with Crippen LogP contribution < -0.4 is 0 Å². The normalized spacial score (nSPS) is 22.8. The molecule has 0 aromatic carbocycles. The lowest BCUT2D eigenvalue weighted by Crippen LogP contribution is -2.66. The molecule has 4 nitrogen and oxygen atoms in total. The molecule has 1 aliphatic rings. The molecular formula is C9H19NO3S. The van der Waals surface area contributed by atoms with E-state index in [4.69, 9.17) is 0 Å². The fourth-order valence-electron chi connectivity index (χ4n) is 1.41. The highest BCUT2D eigenvalue weighted by Gasteiger charge is 2.49. The zero-order chi connectivity index (χ0) is 11.1. The average Bonchev–Trinajstić information content (AvgIpc) is 1.97. The van der Waals surface area contributed by atoms with Gasteiger partial charge in [-0.1, -0.05) is 13.8 Å². The van der Waals surface area contributed by atoms with E-state index in [1.54, 1.807) is 13.8 Å². The quantitative estimate of drug-likeness (QED) is 0.752. The molecule has 0 saturated carbocycles. The van der Waals surface area contributed by atoms with Gasteiger partial charge in [-0.3, -0.25) is 0 Å². The Morgan fingerprint density at radius 3 is 1.93 bits per heavy atom. The lowest BCUT2D eigenvalue weighted by Gasteiger charge is -2.48. The number of rotatable bonds is 3. The molecule has 5 heteroatoms. The number of β-amino-alcohol motifs (C(OH)–C–C–N with tert-alkyl or cyclic N) is 1. The monoisotopic (exact) mass is 221 g/mol. The van der Waals surface area contributed by atoms with Crippen LogP contribution in [0.1, 0.15) is 27.7 Å². The van der Waals surface area contributed by atoms with Crippen LogP contribution in [0.2, 0.25) is 0 Å². The Labute approximate surface area is 86.0 Å². The Bertz CT molecular complexity index is 302. The van der Waals surface area contributed by atoms with E-state index in [1.807, 2.05) is 13.8 Å². The van der Waals surface area contributed by atoms with Crippen molar-refractivity contribution < 1.29 is 13.5 Å². The van der Waals surface area contributed by atoms with Crippen molar-refractivity contribution in [3.8, 4) is 0 Å². The van der Waals surface area contributed by atoms with Gasteiger partial charge in [-0.15, -0.1) is 0 Å². The SMILES string of the molecule is CC(C)C1(O)CN(S(=O)(=O)C(C)C)C1. The summed E-state index contributed by atoms with van der Waals surface area (Å²) in [4.78, 5) is 0. The molecule has 0 aromatic rings. The zero-order valence-corrected chi connectivity index (χ0v) is 10.0. The van der Waals surface area contributed by atoms with E-state index in [-0.39, 0.29) is 19.0 Å². The molecule has 0 unspecified atom stereocenters. The van der Waals surface area contributed by atoms with E-state index in [2.05, 4.69) is 0 Å². The Morgan fingerprint density at radius 2 is 1.64 bits per heavy atom. The van der Waals surface area contributed by atoms with Crippen molar-refractivity contribution in [2.45, 2.75) is 38.5 Å². The maximum Gasteiger partial charge on any atom is 0.216 e. The van der Waals surface area contributed by atoms with Crippen molar-refractivity contribution in [1.29, 1.82) is 0 Å². The van der Waals surface area contributed by atoms with E-state index in [9.17, 15) is 13.5 Å². The maximum absolute atomic E-state index is 11.6. The summed E-state index contributed by atoms with van der Waals surface area (Å²) in [6, 6.07) is 0. The summed E-state index contributed by atoms with van der Waals surface area (Å²) >= 11 is 0. The van der Waals surface area contributed by atoms with Crippen molar-refractivity contribution in [1.82, 2.24) is 4.31 Å². The minimum Gasteiger partial charge on any atom is -0.387 e. The van der Waals surface area contributed by atoms with Crippen LogP contribution in [0.4, 0.5) is 0 Å². The summed E-state index contributed by atoms with van der Waals surface area (Å²) in [6.07, 6.45) is 0. The van der Waals surface area contributed by atoms with E-state index < -0.39 is 20.9 Å². The van der Waals surface area contributed by atoms with Crippen LogP contribution in [-0.2, 0) is 10.0 Å². The van der Waals surface area contributed by atoms with Crippen LogP contribution in [0, 0.1) is 5.92 Å². The third-order valence-corrected chi connectivity index (χ3v) is 5.10. The number of aliphatic hydroxyl groups is 1. The molecule has 0 atom stereocenters. The first-order valence-electron chi connectivity index (χ1n) is 4.91. The second kappa shape index (κ2) is 3.47. The number of hydrogen-bond acceptors (Lipinski definition) is 3. The van der Waals surface area contributed by atoms with Crippen LogP contribution in [-0.4, -0.2) is 41.8 Å². The van der Waals surface area contributed by atoms with Crippen LogP contribution in [0.5, 0.6) is 0 Å². The Kier molecular flexibility index (Phi) is 2.96. The predicted octanol–water partition coefficient (Wildman–Crippen LogP) is 0.427. The lowest BCUT2D eigenvalue weighted by atomic mass is 9.85. The molecule has 1 aliphatic heterocycles. The second-order valence-corrected chi connectivity index (χ2v) is 7.11. The minimum absolute atomic E-state index is 0.0983. The summed E-state index contributed by atoms with van der Waals surface area (Å²) in [5.41, 5.74) is -0.817. The van der Waals surface area contributed by atoms with Crippen LogP contribution in [0.15, 0.2) is 0 Å². The van der Waals surface area contributed by atoms with E-state index >= 15 is 0 Å². The van der Waals surface area contributed by atoms with E-state index in [0.717, 1.165) is 0 Å². The highest BCUT2D eigenvalue weighted by Crippen LogP contribution is 2.31. The molecule has 84 valence electrons. The second-order valence-electron chi connectivity index (χ2n) is 4.62. The van der Waals surface area contributed by atoms with Gasteiger partial charge in [0.15, 0.2) is 0 Å². The minimum atomic E-state index is -3.17. The molecule has 0 aliphatic carbocycles. The van der Waals surface area contributed by atoms with Crippen molar-refractivity contribution >= 4 is 10.0 Å². The van der Waals surface area contributed by atoms with E-state index in [0.29, 0.717) is 0 Å². The third-order valence-electron chi connectivity index (χ3n) is 2.93. The standard InChI is InChI=1S/C9H19NO3S/c1-7(2)9(11)5-10(6-9)14(12,13)8(3)4/h7-8,11H,5-6H2,1-4H3. The number of hydrogen-bond donors (Lipinski definition) is 1. The summed E-state index contributed by atoms with van der Waals surface area (Å²) in [7, 11) is -3.17. The Balaban J connectivity index is 2.66. The van der Waals surface area contributed by atoms with Gasteiger partial charge in [0.1, 0.15) is 0 Å². The molecular weight excluding hydrogens is 202 g/mol. The Morgan fingerprint density at radius 1 is 1.21 bits per heavy atom. The molecule has 0 spiro atoms. The Hall–Kier alpha value is -0.130. The van der Waals surface area contributed by atoms with Crippen molar-refractivity contribution in [3.63, 3.8) is 0 Å². The van der Waals surface area contributed by atoms with Crippen molar-refractivity contribution in [2.24, 2.45) is 5.92 Å². The molecule has 14 heavy (non-hydrogen) atoms. The van der Waals surface area contributed by atoms with Crippen LogP contribution >= 0.6 is 0 Å². The summed E-state index contributed by atoms with van der Waals surface area (Å²) in [5, 5.41) is 9.49. The average molecular weight is 221 g/mol. The molecule has 1 N–H and O–H groups in total. The maximum atomic E-state index is 11.6. The highest BCUT2D eigenvalue weighted by atomic mass is 32.2. The predicted molar refractivity (Wildman–Crippen MR) is 55.4 cm³/mol. The fourth-order valence-corrected chi connectivity index (χ4v) is 2.81. The van der Waals surface area contributed by atoms with Crippen LogP contribution in [0.3, 0.4) is 0 Å². The topological polar surface area (TPSA) is 57.6 Å².